The van der Waals surface area contributed by atoms with Crippen LogP contribution in [0.1, 0.15) is 17.5 Å². The van der Waals surface area contributed by atoms with Crippen molar-refractivity contribution in [3.8, 4) is 11.5 Å². The predicted octanol–water partition coefficient (Wildman–Crippen LogP) is 2.02. The molecule has 0 bridgehead atoms. The van der Waals surface area contributed by atoms with Gasteiger partial charge in [-0.1, -0.05) is 36.4 Å². The molecule has 0 atom stereocenters. The largest absolute Gasteiger partial charge is 0.454 e. The molecule has 154 valence electrons. The van der Waals surface area contributed by atoms with Gasteiger partial charge >= 0.3 is 0 Å². The quantitative estimate of drug-likeness (QED) is 0.720. The second-order valence-electron chi connectivity index (χ2n) is 7.21. The lowest BCUT2D eigenvalue weighted by Crippen LogP contribution is -2.50. The van der Waals surface area contributed by atoms with Crippen LogP contribution >= 0.6 is 0 Å². The normalized spacial score (nSPS) is 16.8. The molecule has 2 aromatic carbocycles. The van der Waals surface area contributed by atoms with E-state index < -0.39 is 10.0 Å². The summed E-state index contributed by atoms with van der Waals surface area (Å²) in [5.41, 5.74) is 1.79. The number of aryl methyl sites for hydroxylation is 1. The monoisotopic (exact) mass is 416 g/mol. The Kier molecular flexibility index (Phi) is 5.73. The number of nitrogens with zero attached hydrogens (tertiary/aromatic N) is 2. The number of fused-ring (bicyclic) bond motifs is 1. The van der Waals surface area contributed by atoms with E-state index in [0.29, 0.717) is 44.8 Å². The maximum Gasteiger partial charge on any atom is 0.231 e. The minimum absolute atomic E-state index is 0.00804. The number of carbonyl (C=O) groups excluding carboxylic acids is 1. The summed E-state index contributed by atoms with van der Waals surface area (Å²) >= 11 is 0. The van der Waals surface area contributed by atoms with Gasteiger partial charge in [-0.25, -0.2) is 8.42 Å². The van der Waals surface area contributed by atoms with E-state index in [-0.39, 0.29) is 18.5 Å². The molecule has 0 aromatic heterocycles. The van der Waals surface area contributed by atoms with Gasteiger partial charge in [0, 0.05) is 32.6 Å². The Bertz CT molecular complexity index is 970. The van der Waals surface area contributed by atoms with Gasteiger partial charge in [-0.2, -0.15) is 4.31 Å². The molecule has 7 nitrogen and oxygen atoms in total. The highest BCUT2D eigenvalue weighted by Gasteiger charge is 2.28. The van der Waals surface area contributed by atoms with Crippen LogP contribution in [0.2, 0.25) is 0 Å². The predicted molar refractivity (Wildman–Crippen MR) is 108 cm³/mol. The van der Waals surface area contributed by atoms with Crippen LogP contribution in [0.5, 0.6) is 11.5 Å². The van der Waals surface area contributed by atoms with E-state index in [0.717, 1.165) is 16.9 Å². The van der Waals surface area contributed by atoms with Gasteiger partial charge in [-0.3, -0.25) is 4.79 Å². The first-order valence-corrected chi connectivity index (χ1v) is 11.3. The van der Waals surface area contributed by atoms with Gasteiger partial charge in [0.25, 0.3) is 0 Å². The van der Waals surface area contributed by atoms with Gasteiger partial charge in [0.15, 0.2) is 11.5 Å². The molecule has 0 radical (unpaired) electrons. The maximum absolute atomic E-state index is 12.6. The summed E-state index contributed by atoms with van der Waals surface area (Å²) in [6, 6.07) is 14.9. The Morgan fingerprint density at radius 2 is 1.62 bits per heavy atom. The maximum atomic E-state index is 12.6. The third kappa shape index (κ3) is 4.71. The van der Waals surface area contributed by atoms with Gasteiger partial charge < -0.3 is 14.4 Å². The summed E-state index contributed by atoms with van der Waals surface area (Å²) in [5.74, 6) is 1.48. The lowest BCUT2D eigenvalue weighted by atomic mass is 10.1. The van der Waals surface area contributed by atoms with Crippen molar-refractivity contribution >= 4 is 15.9 Å². The lowest BCUT2D eigenvalue weighted by molar-refractivity contribution is -0.132. The minimum atomic E-state index is -3.38. The molecule has 4 rings (SSSR count). The van der Waals surface area contributed by atoms with Crippen LogP contribution in [0, 0.1) is 0 Å². The number of amides is 1. The molecule has 1 saturated heterocycles. The molecule has 2 heterocycles. The zero-order valence-corrected chi connectivity index (χ0v) is 16.9. The number of benzene rings is 2. The first kappa shape index (κ1) is 19.7. The van der Waals surface area contributed by atoms with Crippen molar-refractivity contribution < 1.29 is 22.7 Å². The van der Waals surface area contributed by atoms with Crippen LogP contribution in [-0.2, 0) is 27.0 Å². The standard InChI is InChI=1S/C21H24N2O5S/c24-21(9-7-17-6-8-19-20(14-17)28-16-27-19)22-10-12-23(13-11-22)29(25,26)15-18-4-2-1-3-5-18/h1-6,8,14H,7,9-13,15-16H2. The third-order valence-corrected chi connectivity index (χ3v) is 7.09. The molecule has 29 heavy (non-hydrogen) atoms. The molecule has 0 saturated carbocycles. The Hall–Kier alpha value is -2.58. The SMILES string of the molecule is O=C(CCc1ccc2c(c1)OCO2)N1CCN(S(=O)(=O)Cc2ccccc2)CC1. The van der Waals surface area contributed by atoms with E-state index >= 15 is 0 Å². The second-order valence-corrected chi connectivity index (χ2v) is 9.18. The van der Waals surface area contributed by atoms with Gasteiger partial charge in [0.05, 0.1) is 5.75 Å². The van der Waals surface area contributed by atoms with E-state index in [2.05, 4.69) is 0 Å². The van der Waals surface area contributed by atoms with Crippen molar-refractivity contribution in [3.05, 3.63) is 59.7 Å². The van der Waals surface area contributed by atoms with Crippen molar-refractivity contribution in [2.45, 2.75) is 18.6 Å². The molecule has 2 aliphatic heterocycles. The smallest absolute Gasteiger partial charge is 0.231 e. The molecule has 8 heteroatoms. The fraction of sp³-hybridized carbons (Fsp3) is 0.381. The number of ether oxygens (including phenoxy) is 2. The molecule has 0 N–H and O–H groups in total. The average molecular weight is 416 g/mol. The molecule has 2 aliphatic rings. The Labute approximate surface area is 170 Å². The van der Waals surface area contributed by atoms with Crippen LogP contribution in [0.25, 0.3) is 0 Å². The van der Waals surface area contributed by atoms with Crippen molar-refractivity contribution in [3.63, 3.8) is 0 Å². The Morgan fingerprint density at radius 3 is 2.38 bits per heavy atom. The van der Waals surface area contributed by atoms with Gasteiger partial charge in [0.2, 0.25) is 22.7 Å². The van der Waals surface area contributed by atoms with Crippen LogP contribution in [0.4, 0.5) is 0 Å². The summed E-state index contributed by atoms with van der Waals surface area (Å²) in [4.78, 5) is 14.3. The molecule has 1 fully saturated rings. The Balaban J connectivity index is 1.27. The summed E-state index contributed by atoms with van der Waals surface area (Å²) in [7, 11) is -3.38. The molecular formula is C21H24N2O5S. The molecule has 0 aliphatic carbocycles. The fourth-order valence-electron chi connectivity index (χ4n) is 3.60. The zero-order valence-electron chi connectivity index (χ0n) is 16.1. The molecule has 2 aromatic rings. The van der Waals surface area contributed by atoms with E-state index in [1.807, 2.05) is 48.5 Å². The molecule has 1 amide bonds. The number of hydrogen-bond acceptors (Lipinski definition) is 5. The molecule has 0 unspecified atom stereocenters. The van der Waals surface area contributed by atoms with Gasteiger partial charge in [-0.15, -0.1) is 0 Å². The lowest BCUT2D eigenvalue weighted by Gasteiger charge is -2.34. The first-order valence-electron chi connectivity index (χ1n) is 9.69. The van der Waals surface area contributed by atoms with E-state index in [4.69, 9.17) is 9.47 Å². The van der Waals surface area contributed by atoms with Gasteiger partial charge in [-0.05, 0) is 29.7 Å². The van der Waals surface area contributed by atoms with Gasteiger partial charge in [0.1, 0.15) is 0 Å². The number of carbonyl (C=O) groups is 1. The summed E-state index contributed by atoms with van der Waals surface area (Å²) in [6.45, 7) is 1.76. The molecule has 0 spiro atoms. The third-order valence-electron chi connectivity index (χ3n) is 5.24. The topological polar surface area (TPSA) is 76.2 Å². The number of sulfonamides is 1. The minimum Gasteiger partial charge on any atom is -0.454 e. The first-order chi connectivity index (χ1) is 14.0. The van der Waals surface area contributed by atoms with Crippen LogP contribution < -0.4 is 9.47 Å². The number of hydrogen-bond donors (Lipinski definition) is 0. The van der Waals surface area contributed by atoms with Crippen molar-refractivity contribution in [1.29, 1.82) is 0 Å². The highest BCUT2D eigenvalue weighted by atomic mass is 32.2. The Morgan fingerprint density at radius 1 is 0.897 bits per heavy atom. The van der Waals surface area contributed by atoms with Crippen LogP contribution in [0.3, 0.4) is 0 Å². The number of rotatable bonds is 6. The summed E-state index contributed by atoms with van der Waals surface area (Å²) in [5, 5.41) is 0. The second kappa shape index (κ2) is 8.42. The fourth-order valence-corrected chi connectivity index (χ4v) is 5.11. The molecular weight excluding hydrogens is 392 g/mol. The summed E-state index contributed by atoms with van der Waals surface area (Å²) < 4.78 is 37.4. The highest BCUT2D eigenvalue weighted by Crippen LogP contribution is 2.32. The van der Waals surface area contributed by atoms with E-state index in [1.165, 1.54) is 4.31 Å². The van der Waals surface area contributed by atoms with E-state index in [1.54, 1.807) is 4.90 Å². The zero-order chi connectivity index (χ0) is 20.3. The van der Waals surface area contributed by atoms with Crippen LogP contribution in [-0.4, -0.2) is 56.5 Å². The highest BCUT2D eigenvalue weighted by molar-refractivity contribution is 7.88. The van der Waals surface area contributed by atoms with Crippen molar-refractivity contribution in [1.82, 2.24) is 9.21 Å². The summed E-state index contributed by atoms with van der Waals surface area (Å²) in [6.07, 6.45) is 0.998. The number of piperazine rings is 1. The van der Waals surface area contributed by atoms with Crippen molar-refractivity contribution in [2.75, 3.05) is 33.0 Å². The average Bonchev–Trinajstić information content (AvgIpc) is 3.20. The van der Waals surface area contributed by atoms with Crippen molar-refractivity contribution in [2.24, 2.45) is 0 Å². The van der Waals surface area contributed by atoms with Crippen LogP contribution in [0.15, 0.2) is 48.5 Å². The van der Waals surface area contributed by atoms with E-state index in [9.17, 15) is 13.2 Å².